The summed E-state index contributed by atoms with van der Waals surface area (Å²) in [6.45, 7) is 14.0. The molecule has 2 rings (SSSR count). The molecule has 0 spiro atoms. The number of allylic oxidation sites excluding steroid dienone is 3. The highest BCUT2D eigenvalue weighted by molar-refractivity contribution is 5.78. The number of nitro groups is 1. The van der Waals surface area contributed by atoms with Crippen LogP contribution in [-0.2, 0) is 48.4 Å². The lowest BCUT2D eigenvalue weighted by molar-refractivity contribution is -0.456. The molecule has 0 amide bonds. The number of rotatable bonds is 19. The van der Waals surface area contributed by atoms with Crippen LogP contribution in [0.4, 0.5) is 5.69 Å². The van der Waals surface area contributed by atoms with Crippen molar-refractivity contribution in [2.45, 2.75) is 70.7 Å². The average molecular weight is 596 g/mol. The van der Waals surface area contributed by atoms with Gasteiger partial charge in [-0.15, -0.1) is 0 Å². The smallest absolute Gasteiger partial charge is 0.269 e. The molecule has 1 heterocycles. The number of aliphatic hydroxyl groups is 1. The van der Waals surface area contributed by atoms with Crippen molar-refractivity contribution in [3.8, 4) is 5.75 Å². The third-order valence-corrected chi connectivity index (χ3v) is 5.24. The van der Waals surface area contributed by atoms with Gasteiger partial charge in [-0.25, -0.2) is 0 Å². The molecular formula is C27H33NO14. The van der Waals surface area contributed by atoms with Crippen molar-refractivity contribution in [2.75, 3.05) is 6.61 Å². The first kappa shape index (κ1) is 34.1. The summed E-state index contributed by atoms with van der Waals surface area (Å²) in [7, 11) is 0. The second-order valence-corrected chi connectivity index (χ2v) is 9.28. The SMILES string of the molecule is C=C(CC(C)=O)OOC1C(CO)OC(Oc2ccc([N+](=O)[O-])cc2)C(OOC(=C)CC(C)=O)C1OOC(=C)CC(C)=O. The van der Waals surface area contributed by atoms with E-state index >= 15 is 0 Å². The lowest BCUT2D eigenvalue weighted by atomic mass is 9.99. The van der Waals surface area contributed by atoms with Gasteiger partial charge in [0.25, 0.3) is 5.69 Å². The summed E-state index contributed by atoms with van der Waals surface area (Å²) in [5, 5.41) is 21.2. The number of non-ortho nitro benzene ring substituents is 1. The second-order valence-electron chi connectivity index (χ2n) is 9.28. The minimum Gasteiger partial charge on any atom is -0.462 e. The van der Waals surface area contributed by atoms with E-state index in [2.05, 4.69) is 19.7 Å². The molecule has 0 saturated carbocycles. The summed E-state index contributed by atoms with van der Waals surface area (Å²) in [6, 6.07) is 4.96. The van der Waals surface area contributed by atoms with E-state index in [4.69, 9.17) is 38.8 Å². The summed E-state index contributed by atoms with van der Waals surface area (Å²) >= 11 is 0. The Hall–Kier alpha value is -4.15. The van der Waals surface area contributed by atoms with Crippen molar-refractivity contribution in [2.24, 2.45) is 0 Å². The Kier molecular flexibility index (Phi) is 13.2. The van der Waals surface area contributed by atoms with Gasteiger partial charge in [-0.05, 0) is 32.9 Å². The van der Waals surface area contributed by atoms with Crippen LogP contribution in [0.2, 0.25) is 0 Å². The van der Waals surface area contributed by atoms with Crippen LogP contribution in [0.5, 0.6) is 5.75 Å². The molecule has 15 nitrogen and oxygen atoms in total. The van der Waals surface area contributed by atoms with Gasteiger partial charge in [-0.3, -0.25) is 24.5 Å². The number of carbonyl (C=O) groups excluding carboxylic acids is 3. The summed E-state index contributed by atoms with van der Waals surface area (Å²) < 4.78 is 11.7. The van der Waals surface area contributed by atoms with Crippen LogP contribution in [0.3, 0.4) is 0 Å². The van der Waals surface area contributed by atoms with Crippen molar-refractivity contribution in [3.63, 3.8) is 0 Å². The molecule has 1 aromatic carbocycles. The lowest BCUT2D eigenvalue weighted by Crippen LogP contribution is -2.62. The van der Waals surface area contributed by atoms with E-state index < -0.39 is 42.2 Å². The molecule has 0 bridgehead atoms. The Balaban J connectivity index is 2.43. The van der Waals surface area contributed by atoms with Crippen LogP contribution in [0.15, 0.2) is 61.3 Å². The van der Waals surface area contributed by atoms with Crippen LogP contribution in [-0.4, -0.2) is 64.7 Å². The Labute approximate surface area is 241 Å². The van der Waals surface area contributed by atoms with Crippen molar-refractivity contribution in [3.05, 3.63) is 71.4 Å². The molecular weight excluding hydrogens is 562 g/mol. The summed E-state index contributed by atoms with van der Waals surface area (Å²) in [5.41, 5.74) is -0.202. The highest BCUT2D eigenvalue weighted by atomic mass is 17.2. The number of hydrogen-bond donors (Lipinski definition) is 1. The summed E-state index contributed by atoms with van der Waals surface area (Å²) in [4.78, 5) is 77.0. The molecule has 5 unspecified atom stereocenters. The zero-order valence-electron chi connectivity index (χ0n) is 23.3. The Morgan fingerprint density at radius 1 is 0.810 bits per heavy atom. The van der Waals surface area contributed by atoms with Gasteiger partial charge in [0.05, 0.1) is 30.8 Å². The topological polar surface area (TPSA) is 188 Å². The fourth-order valence-electron chi connectivity index (χ4n) is 3.52. The van der Waals surface area contributed by atoms with Crippen molar-refractivity contribution in [1.82, 2.24) is 0 Å². The number of benzene rings is 1. The molecule has 1 N–H and O–H groups in total. The third kappa shape index (κ3) is 11.0. The van der Waals surface area contributed by atoms with Gasteiger partial charge >= 0.3 is 0 Å². The molecule has 1 fully saturated rings. The number of ketones is 3. The zero-order chi connectivity index (χ0) is 31.4. The van der Waals surface area contributed by atoms with E-state index in [1.807, 2.05) is 0 Å². The van der Waals surface area contributed by atoms with Gasteiger partial charge in [-0.2, -0.15) is 14.7 Å². The van der Waals surface area contributed by atoms with E-state index in [1.165, 1.54) is 45.0 Å². The number of nitro benzene ring substituents is 1. The van der Waals surface area contributed by atoms with Crippen molar-refractivity contribution < 1.29 is 63.2 Å². The maximum atomic E-state index is 11.5. The van der Waals surface area contributed by atoms with Crippen LogP contribution in [0.25, 0.3) is 0 Å². The molecule has 1 aliphatic heterocycles. The number of ether oxygens (including phenoxy) is 2. The summed E-state index contributed by atoms with van der Waals surface area (Å²) in [5.74, 6) is -1.01. The molecule has 0 aromatic heterocycles. The largest absolute Gasteiger partial charge is 0.462 e. The predicted molar refractivity (Wildman–Crippen MR) is 141 cm³/mol. The number of carbonyl (C=O) groups is 3. The minimum atomic E-state index is -1.47. The normalized spacial score (nSPS) is 21.5. The first-order chi connectivity index (χ1) is 19.8. The molecule has 0 aliphatic carbocycles. The van der Waals surface area contributed by atoms with E-state index in [-0.39, 0.29) is 65.3 Å². The van der Waals surface area contributed by atoms with Crippen LogP contribution < -0.4 is 4.74 Å². The molecule has 15 heteroatoms. The number of nitrogens with zero attached hydrogens (tertiary/aromatic N) is 1. The van der Waals surface area contributed by atoms with Gasteiger partial charge in [0, 0.05) is 12.1 Å². The minimum absolute atomic E-state index is 0.0762. The van der Waals surface area contributed by atoms with Gasteiger partial charge in [-0.1, -0.05) is 19.7 Å². The predicted octanol–water partition coefficient (Wildman–Crippen LogP) is 3.12. The van der Waals surface area contributed by atoms with Crippen molar-refractivity contribution in [1.29, 1.82) is 0 Å². The summed E-state index contributed by atoms with van der Waals surface area (Å²) in [6.07, 6.45) is -7.61. The highest BCUT2D eigenvalue weighted by Gasteiger charge is 2.53. The number of hydrogen-bond acceptors (Lipinski definition) is 14. The first-order valence-electron chi connectivity index (χ1n) is 12.5. The third-order valence-electron chi connectivity index (χ3n) is 5.24. The zero-order valence-corrected chi connectivity index (χ0v) is 23.3. The second kappa shape index (κ2) is 16.3. The lowest BCUT2D eigenvalue weighted by Gasteiger charge is -2.42. The quantitative estimate of drug-likeness (QED) is 0.106. The fourth-order valence-corrected chi connectivity index (χ4v) is 3.52. The Morgan fingerprint density at radius 3 is 1.64 bits per heavy atom. The van der Waals surface area contributed by atoms with Gasteiger partial charge < -0.3 is 29.2 Å². The molecule has 230 valence electrons. The van der Waals surface area contributed by atoms with Gasteiger partial charge in [0.15, 0.2) is 18.3 Å². The van der Waals surface area contributed by atoms with Crippen LogP contribution >= 0.6 is 0 Å². The number of Topliss-reactive ketones (excluding diaryl/α,β-unsaturated/α-hetero) is 3. The van der Waals surface area contributed by atoms with Gasteiger partial charge in [0.2, 0.25) is 6.29 Å². The van der Waals surface area contributed by atoms with E-state index in [0.717, 1.165) is 0 Å². The standard InChI is InChI=1S/C27H33NO14/c1-15(30)11-18(4)37-40-24-23(14-29)36-27(35-22-9-7-21(8-10-22)28(33)34)26(42-39-20(6)13-17(3)32)25(24)41-38-19(5)12-16(2)31/h7-10,23-27,29H,4-6,11-14H2,1-3H3. The van der Waals surface area contributed by atoms with E-state index in [1.54, 1.807) is 0 Å². The van der Waals surface area contributed by atoms with Crippen LogP contribution in [0, 0.1) is 10.1 Å². The maximum absolute atomic E-state index is 11.5. The van der Waals surface area contributed by atoms with Crippen LogP contribution in [0.1, 0.15) is 40.0 Å². The fraction of sp³-hybridized carbons (Fsp3) is 0.444. The van der Waals surface area contributed by atoms with E-state index in [9.17, 15) is 29.6 Å². The molecule has 1 aliphatic rings. The average Bonchev–Trinajstić information content (AvgIpc) is 2.89. The van der Waals surface area contributed by atoms with E-state index in [0.29, 0.717) is 0 Å². The molecule has 1 saturated heterocycles. The Morgan fingerprint density at radius 2 is 1.24 bits per heavy atom. The monoisotopic (exact) mass is 595 g/mol. The molecule has 5 atom stereocenters. The van der Waals surface area contributed by atoms with Gasteiger partial charge in [0.1, 0.15) is 46.5 Å². The number of aliphatic hydroxyl groups excluding tert-OH is 1. The highest BCUT2D eigenvalue weighted by Crippen LogP contribution is 2.32. The van der Waals surface area contributed by atoms with Crippen molar-refractivity contribution >= 4 is 23.0 Å². The maximum Gasteiger partial charge on any atom is 0.269 e. The molecule has 42 heavy (non-hydrogen) atoms. The molecule has 1 aromatic rings. The molecule has 0 radical (unpaired) electrons. The first-order valence-corrected chi connectivity index (χ1v) is 12.5. The Bertz CT molecular complexity index is 1160.